The second kappa shape index (κ2) is 4.32. The van der Waals surface area contributed by atoms with Gasteiger partial charge in [0.05, 0.1) is 0 Å². The number of ether oxygens (including phenoxy) is 1. The first-order chi connectivity index (χ1) is 10.5. The van der Waals surface area contributed by atoms with Gasteiger partial charge in [-0.25, -0.2) is 0 Å². The van der Waals surface area contributed by atoms with Gasteiger partial charge in [-0.3, -0.25) is 0 Å². The number of benzene rings is 1. The fourth-order valence-electron chi connectivity index (χ4n) is 6.54. The Morgan fingerprint density at radius 2 is 2.14 bits per heavy atom. The summed E-state index contributed by atoms with van der Waals surface area (Å²) in [6.45, 7) is 7.12. The number of hydrogen-bond donors (Lipinski definition) is 0. The Labute approximate surface area is 141 Å². The first-order valence-corrected chi connectivity index (χ1v) is 9.82. The van der Waals surface area contributed by atoms with Crippen molar-refractivity contribution in [2.75, 3.05) is 0 Å². The van der Waals surface area contributed by atoms with Crippen molar-refractivity contribution < 1.29 is 4.74 Å². The molecule has 0 saturated heterocycles. The molecule has 0 amide bonds. The van der Waals surface area contributed by atoms with Crippen LogP contribution < -0.4 is 4.74 Å². The lowest BCUT2D eigenvalue weighted by Gasteiger charge is -2.58. The highest BCUT2D eigenvalue weighted by atomic mass is 79.9. The van der Waals surface area contributed by atoms with Crippen LogP contribution in [-0.2, 0) is 11.8 Å². The molecule has 3 aliphatic carbocycles. The van der Waals surface area contributed by atoms with E-state index in [4.69, 9.17) is 4.74 Å². The maximum Gasteiger partial charge on any atom is 0.126 e. The number of rotatable bonds is 0. The average molecular weight is 361 g/mol. The van der Waals surface area contributed by atoms with Crippen LogP contribution >= 0.6 is 15.9 Å². The predicted molar refractivity (Wildman–Crippen MR) is 92.5 cm³/mol. The van der Waals surface area contributed by atoms with E-state index in [-0.39, 0.29) is 0 Å². The zero-order valence-electron chi connectivity index (χ0n) is 13.8. The van der Waals surface area contributed by atoms with Crippen molar-refractivity contribution in [2.24, 2.45) is 23.7 Å². The zero-order chi connectivity index (χ0) is 15.2. The van der Waals surface area contributed by atoms with Crippen LogP contribution in [0, 0.1) is 30.6 Å². The molecule has 1 aliphatic heterocycles. The Kier molecular flexibility index (Phi) is 2.73. The Hall–Kier alpha value is -0.500. The molecule has 0 aromatic heterocycles. The molecule has 1 aromatic rings. The van der Waals surface area contributed by atoms with Crippen molar-refractivity contribution in [3.05, 3.63) is 27.2 Å². The van der Waals surface area contributed by atoms with Gasteiger partial charge in [0.2, 0.25) is 0 Å². The van der Waals surface area contributed by atoms with Crippen LogP contribution in [0.25, 0.3) is 0 Å². The summed E-state index contributed by atoms with van der Waals surface area (Å²) in [5.74, 6) is 4.47. The van der Waals surface area contributed by atoms with Gasteiger partial charge in [-0.2, -0.15) is 0 Å². The highest BCUT2D eigenvalue weighted by molar-refractivity contribution is 9.10. The molecule has 22 heavy (non-hydrogen) atoms. The fraction of sp³-hybridized carbons (Fsp3) is 0.700. The van der Waals surface area contributed by atoms with E-state index in [1.54, 1.807) is 11.1 Å². The molecule has 2 fully saturated rings. The van der Waals surface area contributed by atoms with Crippen LogP contribution in [0.15, 0.2) is 10.5 Å². The van der Waals surface area contributed by atoms with Gasteiger partial charge in [-0.15, -0.1) is 0 Å². The van der Waals surface area contributed by atoms with Gasteiger partial charge < -0.3 is 4.74 Å². The largest absolute Gasteiger partial charge is 0.489 e. The highest BCUT2D eigenvalue weighted by Crippen LogP contribution is 2.67. The first-order valence-electron chi connectivity index (χ1n) is 9.03. The second-order valence-corrected chi connectivity index (χ2v) is 9.33. The fourth-order valence-corrected chi connectivity index (χ4v) is 7.24. The lowest BCUT2D eigenvalue weighted by molar-refractivity contribution is -0.0661. The van der Waals surface area contributed by atoms with E-state index < -0.39 is 0 Å². The summed E-state index contributed by atoms with van der Waals surface area (Å²) in [7, 11) is 0. The predicted octanol–water partition coefficient (Wildman–Crippen LogP) is 5.40. The van der Waals surface area contributed by atoms with Gasteiger partial charge in [0.15, 0.2) is 0 Å². The van der Waals surface area contributed by atoms with E-state index in [1.165, 1.54) is 47.9 Å². The van der Waals surface area contributed by atoms with Crippen LogP contribution in [0.1, 0.15) is 56.2 Å². The number of halogens is 1. The lowest BCUT2D eigenvalue weighted by atomic mass is 9.45. The molecule has 2 heteroatoms. The third-order valence-electron chi connectivity index (χ3n) is 7.60. The molecule has 0 N–H and O–H groups in total. The maximum atomic E-state index is 6.73. The molecule has 6 atom stereocenters. The normalized spacial score (nSPS) is 44.5. The molecule has 118 valence electrons. The van der Waals surface area contributed by atoms with Crippen molar-refractivity contribution in [1.82, 2.24) is 0 Å². The molecule has 4 aliphatic rings. The van der Waals surface area contributed by atoms with E-state index in [0.717, 1.165) is 17.8 Å². The molecule has 1 heterocycles. The zero-order valence-corrected chi connectivity index (χ0v) is 15.4. The van der Waals surface area contributed by atoms with Gasteiger partial charge in [-0.1, -0.05) is 36.2 Å². The van der Waals surface area contributed by atoms with E-state index in [2.05, 4.69) is 42.8 Å². The second-order valence-electron chi connectivity index (χ2n) is 8.47. The topological polar surface area (TPSA) is 9.23 Å². The van der Waals surface area contributed by atoms with Crippen LogP contribution in [0.5, 0.6) is 5.75 Å². The van der Waals surface area contributed by atoms with Crippen LogP contribution in [0.3, 0.4) is 0 Å². The molecular weight excluding hydrogens is 336 g/mol. The van der Waals surface area contributed by atoms with Crippen molar-refractivity contribution >= 4 is 15.9 Å². The summed E-state index contributed by atoms with van der Waals surface area (Å²) in [4.78, 5) is 0. The first kappa shape index (κ1) is 13.9. The third kappa shape index (κ3) is 1.42. The van der Waals surface area contributed by atoms with Crippen molar-refractivity contribution in [3.8, 4) is 5.75 Å². The van der Waals surface area contributed by atoms with E-state index in [0.29, 0.717) is 17.4 Å². The van der Waals surface area contributed by atoms with E-state index >= 15 is 0 Å². The molecule has 5 rings (SSSR count). The van der Waals surface area contributed by atoms with Crippen molar-refractivity contribution in [3.63, 3.8) is 0 Å². The molecule has 2 bridgehead atoms. The molecule has 1 unspecified atom stereocenters. The van der Waals surface area contributed by atoms with Crippen LogP contribution in [0.4, 0.5) is 0 Å². The van der Waals surface area contributed by atoms with Gasteiger partial charge in [0.25, 0.3) is 0 Å². The van der Waals surface area contributed by atoms with Gasteiger partial charge in [-0.05, 0) is 73.5 Å². The van der Waals surface area contributed by atoms with Crippen molar-refractivity contribution in [1.29, 1.82) is 0 Å². The smallest absolute Gasteiger partial charge is 0.126 e. The van der Waals surface area contributed by atoms with E-state index in [1.807, 2.05) is 0 Å². The van der Waals surface area contributed by atoms with Gasteiger partial charge in [0.1, 0.15) is 11.9 Å². The monoisotopic (exact) mass is 360 g/mol. The minimum Gasteiger partial charge on any atom is -0.489 e. The lowest BCUT2D eigenvalue weighted by Crippen LogP contribution is -2.59. The summed E-state index contributed by atoms with van der Waals surface area (Å²) in [6.07, 6.45) is 7.28. The summed E-state index contributed by atoms with van der Waals surface area (Å²) < 4.78 is 8.06. The van der Waals surface area contributed by atoms with Crippen LogP contribution in [-0.4, -0.2) is 6.10 Å². The molecule has 2 saturated carbocycles. The molecule has 1 spiro atoms. The molecule has 1 aromatic carbocycles. The number of aryl methyl sites for hydroxylation is 1. The Bertz CT molecular complexity index is 666. The average Bonchev–Trinajstić information content (AvgIpc) is 2.80. The minimum absolute atomic E-state index is 0.340. The summed E-state index contributed by atoms with van der Waals surface area (Å²) in [5, 5.41) is 0. The molecule has 0 radical (unpaired) electrons. The quantitative estimate of drug-likeness (QED) is 0.601. The van der Waals surface area contributed by atoms with Gasteiger partial charge in [0, 0.05) is 15.5 Å². The Balaban J connectivity index is 1.83. The van der Waals surface area contributed by atoms with Gasteiger partial charge >= 0.3 is 0 Å². The summed E-state index contributed by atoms with van der Waals surface area (Å²) in [6, 6.07) is 2.30. The molecule has 1 nitrogen and oxygen atoms in total. The SMILES string of the molecule is Cc1cc(Br)c2c3c1O[C@H]1C(C)[C@H](C)C[C@H]4[C@H](CCC[C@]314)C2. The standard InChI is InChI=1S/C20H25BrO/c1-10-7-15-13-5-4-6-20(15)17-14(9-13)16(21)8-11(2)18(17)22-19(20)12(10)3/h8,10,12-13,15,19H,4-7,9H2,1-3H3/t10-,12?,13-,15+,19+,20+/m1/s1. The van der Waals surface area contributed by atoms with Crippen LogP contribution in [0.2, 0.25) is 0 Å². The maximum absolute atomic E-state index is 6.73. The van der Waals surface area contributed by atoms with E-state index in [9.17, 15) is 0 Å². The molecular formula is C20H25BrO. The summed E-state index contributed by atoms with van der Waals surface area (Å²) >= 11 is 3.88. The van der Waals surface area contributed by atoms with Crippen molar-refractivity contribution in [2.45, 2.75) is 64.4 Å². The third-order valence-corrected chi connectivity index (χ3v) is 8.31. The number of hydrogen-bond acceptors (Lipinski definition) is 1. The Morgan fingerprint density at radius 1 is 1.32 bits per heavy atom. The summed E-state index contributed by atoms with van der Waals surface area (Å²) in [5.41, 5.74) is 4.89. The Morgan fingerprint density at radius 3 is 2.95 bits per heavy atom. The minimum atomic E-state index is 0.340. The highest BCUT2D eigenvalue weighted by Gasteiger charge is 2.64.